The molecule has 0 saturated carbocycles. The second kappa shape index (κ2) is 5.22. The number of carbonyl (C=O) groups excluding carboxylic acids is 1. The fourth-order valence-corrected chi connectivity index (χ4v) is 2.42. The molecule has 0 unspecified atom stereocenters. The fourth-order valence-electron chi connectivity index (χ4n) is 2.42. The largest absolute Gasteiger partial charge is 0.397 e. The molecule has 1 fully saturated rings. The Balaban J connectivity index is 2.14. The molecule has 0 radical (unpaired) electrons. The van der Waals surface area contributed by atoms with Crippen LogP contribution in [0.5, 0.6) is 0 Å². The van der Waals surface area contributed by atoms with Gasteiger partial charge in [-0.05, 0) is 31.0 Å². The molecule has 1 aromatic carbocycles. The number of amides is 1. The van der Waals surface area contributed by atoms with Gasteiger partial charge < -0.3 is 16.4 Å². The highest BCUT2D eigenvalue weighted by Gasteiger charge is 2.41. The van der Waals surface area contributed by atoms with Crippen LogP contribution in [0.3, 0.4) is 0 Å². The van der Waals surface area contributed by atoms with E-state index < -0.39 is 18.0 Å². The fraction of sp³-hybridized carbons (Fsp3) is 0.462. The predicted octanol–water partition coefficient (Wildman–Crippen LogP) is 2.15. The molecule has 1 aliphatic rings. The molecule has 2 rings (SSSR count). The summed E-state index contributed by atoms with van der Waals surface area (Å²) in [5, 5.41) is 0. The number of rotatable bonds is 2. The lowest BCUT2D eigenvalue weighted by Crippen LogP contribution is -2.39. The van der Waals surface area contributed by atoms with E-state index in [2.05, 4.69) is 0 Å². The molecule has 1 saturated heterocycles. The topological polar surface area (TPSA) is 72.3 Å². The third kappa shape index (κ3) is 2.97. The summed E-state index contributed by atoms with van der Waals surface area (Å²) >= 11 is 0. The number of carbonyl (C=O) groups is 1. The lowest BCUT2D eigenvalue weighted by atomic mass is 9.95. The van der Waals surface area contributed by atoms with E-state index in [0.29, 0.717) is 16.9 Å². The molecular formula is C13H16F3N3O. The van der Waals surface area contributed by atoms with E-state index in [0.717, 1.165) is 0 Å². The summed E-state index contributed by atoms with van der Waals surface area (Å²) < 4.78 is 37.8. The molecule has 0 aromatic heterocycles. The molecule has 110 valence electrons. The molecule has 1 aromatic rings. The van der Waals surface area contributed by atoms with E-state index in [-0.39, 0.29) is 25.9 Å². The van der Waals surface area contributed by atoms with E-state index in [1.54, 1.807) is 11.0 Å². The first-order valence-electron chi connectivity index (χ1n) is 6.30. The Kier molecular flexibility index (Phi) is 3.78. The third-order valence-electron chi connectivity index (χ3n) is 3.61. The molecule has 1 aliphatic heterocycles. The number of alkyl halides is 3. The summed E-state index contributed by atoms with van der Waals surface area (Å²) in [6.45, 7) is 0.521. The maximum absolute atomic E-state index is 12.6. The first-order chi connectivity index (χ1) is 9.29. The van der Waals surface area contributed by atoms with Crippen LogP contribution in [0.4, 0.5) is 24.5 Å². The maximum atomic E-state index is 12.6. The summed E-state index contributed by atoms with van der Waals surface area (Å²) in [6.07, 6.45) is -4.08. The van der Waals surface area contributed by atoms with E-state index in [1.165, 1.54) is 12.1 Å². The lowest BCUT2D eigenvalue weighted by molar-refractivity contribution is -0.179. The number of piperidine rings is 1. The number of nitrogens with two attached hydrogens (primary N) is 2. The summed E-state index contributed by atoms with van der Waals surface area (Å²) in [6, 6.07) is 4.58. The van der Waals surface area contributed by atoms with Crippen LogP contribution in [0.15, 0.2) is 18.2 Å². The standard InChI is InChI=1S/C13H16F3N3O/c14-13(15,16)9-3-5-19(6-4-9)11-7-8(12(18)20)1-2-10(11)17/h1-2,7,9H,3-6,17H2,(H2,18,20). The van der Waals surface area contributed by atoms with Crippen molar-refractivity contribution in [2.24, 2.45) is 11.7 Å². The van der Waals surface area contributed by atoms with Gasteiger partial charge in [0.05, 0.1) is 17.3 Å². The van der Waals surface area contributed by atoms with Crippen molar-refractivity contribution in [3.8, 4) is 0 Å². The van der Waals surface area contributed by atoms with E-state index in [9.17, 15) is 18.0 Å². The van der Waals surface area contributed by atoms with Gasteiger partial charge in [-0.1, -0.05) is 0 Å². The van der Waals surface area contributed by atoms with Gasteiger partial charge in [0.1, 0.15) is 0 Å². The van der Waals surface area contributed by atoms with Crippen molar-refractivity contribution in [3.63, 3.8) is 0 Å². The monoisotopic (exact) mass is 287 g/mol. The molecule has 0 spiro atoms. The summed E-state index contributed by atoms with van der Waals surface area (Å²) in [5.41, 5.74) is 12.3. The number of benzene rings is 1. The van der Waals surface area contributed by atoms with Crippen LogP contribution in [0, 0.1) is 5.92 Å². The minimum absolute atomic E-state index is 0.0315. The number of nitrogen functional groups attached to an aromatic ring is 1. The van der Waals surface area contributed by atoms with Crippen LogP contribution in [0.2, 0.25) is 0 Å². The van der Waals surface area contributed by atoms with Crippen LogP contribution < -0.4 is 16.4 Å². The average Bonchev–Trinajstić information content (AvgIpc) is 2.38. The third-order valence-corrected chi connectivity index (χ3v) is 3.61. The van der Waals surface area contributed by atoms with Gasteiger partial charge in [-0.3, -0.25) is 4.79 Å². The molecule has 4 N–H and O–H groups in total. The van der Waals surface area contributed by atoms with Gasteiger partial charge in [0.15, 0.2) is 0 Å². The van der Waals surface area contributed by atoms with Crippen LogP contribution in [-0.4, -0.2) is 25.2 Å². The molecular weight excluding hydrogens is 271 g/mol. The van der Waals surface area contributed by atoms with Crippen molar-refractivity contribution in [1.82, 2.24) is 0 Å². The Morgan fingerprint density at radius 2 is 1.85 bits per heavy atom. The van der Waals surface area contributed by atoms with Crippen LogP contribution >= 0.6 is 0 Å². The van der Waals surface area contributed by atoms with Crippen molar-refractivity contribution >= 4 is 17.3 Å². The average molecular weight is 287 g/mol. The van der Waals surface area contributed by atoms with E-state index in [1.807, 2.05) is 0 Å². The Bertz CT molecular complexity index is 508. The smallest absolute Gasteiger partial charge is 0.391 e. The SMILES string of the molecule is NC(=O)c1ccc(N)c(N2CCC(C(F)(F)F)CC2)c1. The Morgan fingerprint density at radius 3 is 2.35 bits per heavy atom. The predicted molar refractivity (Wildman–Crippen MR) is 70.4 cm³/mol. The number of anilines is 2. The van der Waals surface area contributed by atoms with Crippen molar-refractivity contribution in [1.29, 1.82) is 0 Å². The highest BCUT2D eigenvalue weighted by molar-refractivity contribution is 5.95. The summed E-state index contributed by atoms with van der Waals surface area (Å²) in [7, 11) is 0. The number of halogens is 3. The van der Waals surface area contributed by atoms with Gasteiger partial charge in [-0.15, -0.1) is 0 Å². The van der Waals surface area contributed by atoms with Crippen LogP contribution in [0.25, 0.3) is 0 Å². The highest BCUT2D eigenvalue weighted by atomic mass is 19.4. The number of hydrogen-bond donors (Lipinski definition) is 2. The molecule has 4 nitrogen and oxygen atoms in total. The van der Waals surface area contributed by atoms with Gasteiger partial charge in [-0.2, -0.15) is 13.2 Å². The van der Waals surface area contributed by atoms with Crippen molar-refractivity contribution < 1.29 is 18.0 Å². The zero-order chi connectivity index (χ0) is 14.9. The minimum atomic E-state index is -4.15. The minimum Gasteiger partial charge on any atom is -0.397 e. The quantitative estimate of drug-likeness (QED) is 0.819. The Hall–Kier alpha value is -1.92. The molecule has 0 atom stereocenters. The molecule has 0 aliphatic carbocycles. The zero-order valence-electron chi connectivity index (χ0n) is 10.8. The molecule has 20 heavy (non-hydrogen) atoms. The van der Waals surface area contributed by atoms with Gasteiger partial charge in [0.25, 0.3) is 0 Å². The van der Waals surface area contributed by atoms with Gasteiger partial charge >= 0.3 is 6.18 Å². The van der Waals surface area contributed by atoms with Gasteiger partial charge in [0.2, 0.25) is 5.91 Å². The van der Waals surface area contributed by atoms with Gasteiger partial charge in [-0.25, -0.2) is 0 Å². The van der Waals surface area contributed by atoms with Crippen molar-refractivity contribution in [3.05, 3.63) is 23.8 Å². The molecule has 0 bridgehead atoms. The first kappa shape index (κ1) is 14.5. The van der Waals surface area contributed by atoms with E-state index >= 15 is 0 Å². The first-order valence-corrected chi connectivity index (χ1v) is 6.30. The lowest BCUT2D eigenvalue weighted by Gasteiger charge is -2.35. The number of hydrogen-bond acceptors (Lipinski definition) is 3. The van der Waals surface area contributed by atoms with E-state index in [4.69, 9.17) is 11.5 Å². The van der Waals surface area contributed by atoms with Crippen LogP contribution in [-0.2, 0) is 0 Å². The van der Waals surface area contributed by atoms with Crippen molar-refractivity contribution in [2.45, 2.75) is 19.0 Å². The summed E-state index contributed by atoms with van der Waals surface area (Å²) in [4.78, 5) is 12.9. The molecule has 1 amide bonds. The molecule has 1 heterocycles. The maximum Gasteiger partial charge on any atom is 0.391 e. The normalized spacial score (nSPS) is 17.2. The van der Waals surface area contributed by atoms with Crippen LogP contribution in [0.1, 0.15) is 23.2 Å². The summed E-state index contributed by atoms with van der Waals surface area (Å²) in [5.74, 6) is -1.85. The zero-order valence-corrected chi connectivity index (χ0v) is 10.8. The Labute approximate surface area is 114 Å². The number of nitrogens with zero attached hydrogens (tertiary/aromatic N) is 1. The second-order valence-electron chi connectivity index (χ2n) is 4.94. The van der Waals surface area contributed by atoms with Crippen molar-refractivity contribution in [2.75, 3.05) is 23.7 Å². The van der Waals surface area contributed by atoms with Gasteiger partial charge in [0, 0.05) is 18.7 Å². The number of primary amides is 1. The molecule has 7 heteroatoms. The Morgan fingerprint density at radius 1 is 1.25 bits per heavy atom. The second-order valence-corrected chi connectivity index (χ2v) is 4.94. The highest BCUT2D eigenvalue weighted by Crippen LogP contribution is 2.36.